The standard InChI is InChI=1S/C17H18BrN3O2S2/c1-3-21(9-12-5-7-15(18)25-12)16(22)10-24-17-19-13-6-4-11(23-2)8-14(13)20-17/h4-8H,3,9-10H2,1-2H3,(H,19,20). The summed E-state index contributed by atoms with van der Waals surface area (Å²) in [5.74, 6) is 1.25. The van der Waals surface area contributed by atoms with Crippen LogP contribution in [0.25, 0.3) is 11.0 Å². The Bertz CT molecular complexity index is 878. The van der Waals surface area contributed by atoms with Crippen LogP contribution in [0, 0.1) is 0 Å². The quantitative estimate of drug-likeness (QED) is 0.549. The Morgan fingerprint density at radius 2 is 2.24 bits per heavy atom. The molecule has 0 spiro atoms. The van der Waals surface area contributed by atoms with E-state index in [0.29, 0.717) is 18.8 Å². The van der Waals surface area contributed by atoms with Crippen LogP contribution < -0.4 is 4.74 Å². The summed E-state index contributed by atoms with van der Waals surface area (Å²) < 4.78 is 6.30. The number of benzene rings is 1. The maximum absolute atomic E-state index is 12.5. The zero-order valence-electron chi connectivity index (χ0n) is 13.9. The first kappa shape index (κ1) is 18.3. The maximum Gasteiger partial charge on any atom is 0.233 e. The van der Waals surface area contributed by atoms with E-state index in [1.807, 2.05) is 42.2 Å². The van der Waals surface area contributed by atoms with E-state index < -0.39 is 0 Å². The predicted molar refractivity (Wildman–Crippen MR) is 106 cm³/mol. The van der Waals surface area contributed by atoms with Crippen LogP contribution >= 0.6 is 39.0 Å². The lowest BCUT2D eigenvalue weighted by molar-refractivity contribution is -0.128. The number of ether oxygens (including phenoxy) is 1. The molecule has 0 fully saturated rings. The second kappa shape index (κ2) is 8.25. The van der Waals surface area contributed by atoms with Crippen LogP contribution in [0.4, 0.5) is 0 Å². The summed E-state index contributed by atoms with van der Waals surface area (Å²) in [6.45, 7) is 3.33. The minimum atomic E-state index is 0.107. The van der Waals surface area contributed by atoms with Gasteiger partial charge in [0.1, 0.15) is 5.75 Å². The van der Waals surface area contributed by atoms with Crippen molar-refractivity contribution in [3.05, 3.63) is 39.0 Å². The van der Waals surface area contributed by atoms with Crippen molar-refractivity contribution in [2.24, 2.45) is 0 Å². The molecule has 0 aliphatic heterocycles. The Kier molecular flexibility index (Phi) is 6.03. The number of thioether (sulfide) groups is 1. The molecule has 1 aromatic carbocycles. The number of methoxy groups -OCH3 is 1. The highest BCUT2D eigenvalue weighted by Gasteiger charge is 2.15. The summed E-state index contributed by atoms with van der Waals surface area (Å²) in [7, 11) is 1.64. The van der Waals surface area contributed by atoms with Crippen molar-refractivity contribution in [1.29, 1.82) is 0 Å². The molecule has 0 aliphatic rings. The van der Waals surface area contributed by atoms with E-state index in [-0.39, 0.29) is 5.91 Å². The number of nitrogens with one attached hydrogen (secondary N) is 1. The average molecular weight is 440 g/mol. The van der Waals surface area contributed by atoms with E-state index in [1.165, 1.54) is 16.6 Å². The van der Waals surface area contributed by atoms with Crippen LogP contribution in [-0.4, -0.2) is 40.2 Å². The monoisotopic (exact) mass is 439 g/mol. The molecule has 1 amide bonds. The van der Waals surface area contributed by atoms with Gasteiger partial charge in [0.05, 0.1) is 34.2 Å². The zero-order chi connectivity index (χ0) is 17.8. The van der Waals surface area contributed by atoms with Crippen molar-refractivity contribution in [2.75, 3.05) is 19.4 Å². The fraction of sp³-hybridized carbons (Fsp3) is 0.294. The van der Waals surface area contributed by atoms with Crippen molar-refractivity contribution in [3.63, 3.8) is 0 Å². The Morgan fingerprint density at radius 3 is 2.92 bits per heavy atom. The number of aromatic nitrogens is 2. The largest absolute Gasteiger partial charge is 0.497 e. The Labute approximate surface area is 162 Å². The van der Waals surface area contributed by atoms with Crippen LogP contribution in [0.2, 0.25) is 0 Å². The average Bonchev–Trinajstić information content (AvgIpc) is 3.22. The van der Waals surface area contributed by atoms with Crippen LogP contribution in [0.5, 0.6) is 5.75 Å². The molecule has 25 heavy (non-hydrogen) atoms. The molecule has 8 heteroatoms. The first-order valence-electron chi connectivity index (χ1n) is 7.77. The van der Waals surface area contributed by atoms with Gasteiger partial charge in [0.15, 0.2) is 5.16 Å². The lowest BCUT2D eigenvalue weighted by Gasteiger charge is -2.19. The molecule has 0 radical (unpaired) electrons. The van der Waals surface area contributed by atoms with Gasteiger partial charge < -0.3 is 14.6 Å². The Morgan fingerprint density at radius 1 is 1.40 bits per heavy atom. The molecule has 3 aromatic rings. The number of rotatable bonds is 7. The third-order valence-electron chi connectivity index (χ3n) is 3.71. The van der Waals surface area contributed by atoms with E-state index in [4.69, 9.17) is 4.74 Å². The highest BCUT2D eigenvalue weighted by molar-refractivity contribution is 9.11. The highest BCUT2D eigenvalue weighted by atomic mass is 79.9. The third kappa shape index (κ3) is 4.56. The maximum atomic E-state index is 12.5. The van der Waals surface area contributed by atoms with Gasteiger partial charge in [0.25, 0.3) is 0 Å². The molecule has 5 nitrogen and oxygen atoms in total. The van der Waals surface area contributed by atoms with Gasteiger partial charge in [0, 0.05) is 17.5 Å². The molecule has 0 aliphatic carbocycles. The van der Waals surface area contributed by atoms with Gasteiger partial charge in [-0.05, 0) is 47.1 Å². The number of imidazole rings is 1. The zero-order valence-corrected chi connectivity index (χ0v) is 17.1. The predicted octanol–water partition coefficient (Wildman–Crippen LogP) is 4.54. The number of thiophene rings is 1. The number of H-pyrrole nitrogens is 1. The van der Waals surface area contributed by atoms with E-state index in [0.717, 1.165) is 25.7 Å². The number of carbonyl (C=O) groups is 1. The molecule has 3 rings (SSSR count). The van der Waals surface area contributed by atoms with Gasteiger partial charge in [-0.1, -0.05) is 11.8 Å². The summed E-state index contributed by atoms with van der Waals surface area (Å²) in [5, 5.41) is 0.742. The van der Waals surface area contributed by atoms with Gasteiger partial charge in [-0.2, -0.15) is 0 Å². The number of hydrogen-bond donors (Lipinski definition) is 1. The normalized spacial score (nSPS) is 11.0. The van der Waals surface area contributed by atoms with Gasteiger partial charge in [-0.15, -0.1) is 11.3 Å². The molecule has 2 aromatic heterocycles. The molecule has 2 heterocycles. The Balaban J connectivity index is 1.62. The minimum absolute atomic E-state index is 0.107. The van der Waals surface area contributed by atoms with Crippen LogP contribution in [-0.2, 0) is 11.3 Å². The number of fused-ring (bicyclic) bond motifs is 1. The number of carbonyl (C=O) groups excluding carboxylic acids is 1. The molecular formula is C17H18BrN3O2S2. The summed E-state index contributed by atoms with van der Waals surface area (Å²) in [4.78, 5) is 23.3. The lowest BCUT2D eigenvalue weighted by atomic mass is 10.3. The molecule has 0 saturated heterocycles. The lowest BCUT2D eigenvalue weighted by Crippen LogP contribution is -2.31. The van der Waals surface area contributed by atoms with Crippen molar-refractivity contribution in [2.45, 2.75) is 18.6 Å². The Hall–Kier alpha value is -1.51. The number of aromatic amines is 1. The summed E-state index contributed by atoms with van der Waals surface area (Å²) in [6.07, 6.45) is 0. The fourth-order valence-electron chi connectivity index (χ4n) is 2.38. The second-order valence-corrected chi connectivity index (χ2v) is 8.84. The van der Waals surface area contributed by atoms with Gasteiger partial charge in [0.2, 0.25) is 5.91 Å². The van der Waals surface area contributed by atoms with Crippen LogP contribution in [0.3, 0.4) is 0 Å². The van der Waals surface area contributed by atoms with Crippen molar-refractivity contribution in [1.82, 2.24) is 14.9 Å². The molecule has 1 N–H and O–H groups in total. The third-order valence-corrected chi connectivity index (χ3v) is 6.18. The van der Waals surface area contributed by atoms with Crippen molar-refractivity contribution >= 4 is 56.0 Å². The van der Waals surface area contributed by atoms with E-state index in [9.17, 15) is 4.79 Å². The number of hydrogen-bond acceptors (Lipinski definition) is 5. The van der Waals surface area contributed by atoms with E-state index in [1.54, 1.807) is 18.4 Å². The SMILES string of the molecule is CCN(Cc1ccc(Br)s1)C(=O)CSc1nc2ccc(OC)cc2[nH]1. The first-order chi connectivity index (χ1) is 12.1. The van der Waals surface area contributed by atoms with E-state index >= 15 is 0 Å². The first-order valence-corrected chi connectivity index (χ1v) is 10.4. The van der Waals surface area contributed by atoms with Crippen molar-refractivity contribution < 1.29 is 9.53 Å². The van der Waals surface area contributed by atoms with Gasteiger partial charge in [-0.3, -0.25) is 4.79 Å². The smallest absolute Gasteiger partial charge is 0.233 e. The molecule has 0 unspecified atom stereocenters. The fourth-order valence-corrected chi connectivity index (χ4v) is 4.67. The summed E-state index contributed by atoms with van der Waals surface area (Å²) in [6, 6.07) is 9.74. The summed E-state index contributed by atoms with van der Waals surface area (Å²) >= 11 is 6.54. The van der Waals surface area contributed by atoms with Gasteiger partial charge >= 0.3 is 0 Å². The van der Waals surface area contributed by atoms with Crippen LogP contribution in [0.1, 0.15) is 11.8 Å². The molecule has 0 atom stereocenters. The summed E-state index contributed by atoms with van der Waals surface area (Å²) in [5.41, 5.74) is 1.77. The number of halogens is 1. The van der Waals surface area contributed by atoms with E-state index in [2.05, 4.69) is 25.9 Å². The number of nitrogens with zero attached hydrogens (tertiary/aromatic N) is 2. The molecule has 132 valence electrons. The molecule has 0 saturated carbocycles. The topological polar surface area (TPSA) is 58.2 Å². The molecule has 0 bridgehead atoms. The number of amides is 1. The van der Waals surface area contributed by atoms with Crippen LogP contribution in [0.15, 0.2) is 39.3 Å². The van der Waals surface area contributed by atoms with Crippen molar-refractivity contribution in [3.8, 4) is 5.75 Å². The van der Waals surface area contributed by atoms with Gasteiger partial charge in [-0.25, -0.2) is 4.98 Å². The highest BCUT2D eigenvalue weighted by Crippen LogP contribution is 2.25. The molecular weight excluding hydrogens is 422 g/mol. The minimum Gasteiger partial charge on any atom is -0.497 e. The second-order valence-electron chi connectivity index (χ2n) is 5.33.